The lowest BCUT2D eigenvalue weighted by atomic mass is 10.3. The average Bonchev–Trinajstić information content (AvgIpc) is 2.91. The second-order valence-corrected chi connectivity index (χ2v) is 6.64. The van der Waals surface area contributed by atoms with E-state index in [2.05, 4.69) is 9.71 Å². The van der Waals surface area contributed by atoms with Gasteiger partial charge in [0.1, 0.15) is 0 Å². The van der Waals surface area contributed by atoms with Gasteiger partial charge in [0.15, 0.2) is 11.6 Å². The monoisotopic (exact) mass is 331 g/mol. The third-order valence-corrected chi connectivity index (χ3v) is 4.79. The number of benzene rings is 1. The summed E-state index contributed by atoms with van der Waals surface area (Å²) in [4.78, 5) is 3.81. The highest BCUT2D eigenvalue weighted by molar-refractivity contribution is 7.89. The van der Waals surface area contributed by atoms with Crippen LogP contribution in [0.4, 0.5) is 10.1 Å². The molecule has 1 aromatic carbocycles. The van der Waals surface area contributed by atoms with Gasteiger partial charge < -0.3 is 10.5 Å². The Kier molecular flexibility index (Phi) is 4.76. The molecule has 0 atom stereocenters. The fraction of sp³-hybridized carbons (Fsp3) is 0.250. The highest BCUT2D eigenvalue weighted by Gasteiger charge is 2.18. The Morgan fingerprint density at radius 3 is 2.81 bits per heavy atom. The molecule has 114 valence electrons. The molecule has 0 unspecified atom stereocenters. The fourth-order valence-electron chi connectivity index (χ4n) is 1.72. The zero-order valence-corrected chi connectivity index (χ0v) is 12.8. The number of nitrogens with zero attached hydrogens (tertiary/aromatic N) is 1. The van der Waals surface area contributed by atoms with Crippen LogP contribution in [-0.2, 0) is 16.4 Å². The lowest BCUT2D eigenvalue weighted by molar-refractivity contribution is 0.388. The highest BCUT2D eigenvalue weighted by Crippen LogP contribution is 2.28. The van der Waals surface area contributed by atoms with E-state index in [1.807, 2.05) is 5.38 Å². The molecule has 2 rings (SSSR count). The smallest absolute Gasteiger partial charge is 0.240 e. The first-order chi connectivity index (χ1) is 9.94. The number of rotatable bonds is 6. The molecule has 0 spiro atoms. The average molecular weight is 331 g/mol. The fourth-order valence-corrected chi connectivity index (χ4v) is 3.39. The second-order valence-electron chi connectivity index (χ2n) is 4.16. The first-order valence-electron chi connectivity index (χ1n) is 5.94. The summed E-state index contributed by atoms with van der Waals surface area (Å²) in [5.74, 6) is -0.992. The van der Waals surface area contributed by atoms with Crippen molar-refractivity contribution in [2.75, 3.05) is 19.4 Å². The number of nitrogens with one attached hydrogen (secondary N) is 1. The Morgan fingerprint density at radius 2 is 2.24 bits per heavy atom. The topological polar surface area (TPSA) is 94.3 Å². The van der Waals surface area contributed by atoms with Crippen LogP contribution in [0.3, 0.4) is 0 Å². The van der Waals surface area contributed by atoms with Gasteiger partial charge in [0.05, 0.1) is 28.9 Å². The van der Waals surface area contributed by atoms with Crippen LogP contribution in [0, 0.1) is 5.82 Å². The minimum absolute atomic E-state index is 0.0719. The van der Waals surface area contributed by atoms with Crippen LogP contribution >= 0.6 is 11.3 Å². The van der Waals surface area contributed by atoms with Gasteiger partial charge in [-0.25, -0.2) is 22.5 Å². The van der Waals surface area contributed by atoms with Crippen LogP contribution in [0.2, 0.25) is 0 Å². The molecular formula is C12H14FN3O3S2. The Labute approximate surface area is 125 Å². The van der Waals surface area contributed by atoms with Gasteiger partial charge in [-0.05, 0) is 12.1 Å². The second kappa shape index (κ2) is 6.37. The van der Waals surface area contributed by atoms with Gasteiger partial charge in [0.25, 0.3) is 0 Å². The number of methoxy groups -OCH3 is 1. The van der Waals surface area contributed by atoms with Crippen molar-refractivity contribution in [1.29, 1.82) is 0 Å². The summed E-state index contributed by atoms with van der Waals surface area (Å²) in [7, 11) is -2.57. The number of hydrogen-bond donors (Lipinski definition) is 2. The molecule has 2 aromatic rings. The van der Waals surface area contributed by atoms with Crippen molar-refractivity contribution >= 4 is 27.0 Å². The van der Waals surface area contributed by atoms with E-state index in [9.17, 15) is 12.8 Å². The van der Waals surface area contributed by atoms with Crippen LogP contribution in [0.15, 0.2) is 27.9 Å². The van der Waals surface area contributed by atoms with E-state index in [1.54, 1.807) is 5.51 Å². The molecule has 1 heterocycles. The summed E-state index contributed by atoms with van der Waals surface area (Å²) in [6, 6.07) is 2.04. The Morgan fingerprint density at radius 1 is 1.48 bits per heavy atom. The van der Waals surface area contributed by atoms with E-state index in [4.69, 9.17) is 10.5 Å². The molecule has 1 aromatic heterocycles. The van der Waals surface area contributed by atoms with Crippen LogP contribution in [0.5, 0.6) is 5.75 Å². The number of halogens is 1. The van der Waals surface area contributed by atoms with Crippen molar-refractivity contribution in [3.8, 4) is 5.75 Å². The van der Waals surface area contributed by atoms with Crippen LogP contribution in [0.1, 0.15) is 5.69 Å². The van der Waals surface area contributed by atoms with E-state index in [-0.39, 0.29) is 22.9 Å². The molecule has 0 bridgehead atoms. The molecule has 0 radical (unpaired) electrons. The summed E-state index contributed by atoms with van der Waals surface area (Å²) < 4.78 is 45.0. The maximum Gasteiger partial charge on any atom is 0.240 e. The zero-order chi connectivity index (χ0) is 15.5. The summed E-state index contributed by atoms with van der Waals surface area (Å²) >= 11 is 1.43. The number of ether oxygens (including phenoxy) is 1. The Balaban J connectivity index is 2.12. The quantitative estimate of drug-likeness (QED) is 0.780. The minimum Gasteiger partial charge on any atom is -0.492 e. The largest absolute Gasteiger partial charge is 0.492 e. The number of sulfonamides is 1. The van der Waals surface area contributed by atoms with E-state index in [1.165, 1.54) is 18.4 Å². The number of thiazole rings is 1. The molecule has 6 nitrogen and oxygen atoms in total. The SMILES string of the molecule is COc1c(N)cc(S(=O)(=O)NCCc2cscn2)cc1F. The van der Waals surface area contributed by atoms with Crippen LogP contribution in [-0.4, -0.2) is 27.1 Å². The van der Waals surface area contributed by atoms with Gasteiger partial charge in [0.2, 0.25) is 10.0 Å². The van der Waals surface area contributed by atoms with E-state index in [0.29, 0.717) is 6.42 Å². The van der Waals surface area contributed by atoms with Crippen molar-refractivity contribution < 1.29 is 17.5 Å². The van der Waals surface area contributed by atoms with Gasteiger partial charge in [0, 0.05) is 18.3 Å². The third kappa shape index (κ3) is 3.69. The van der Waals surface area contributed by atoms with Crippen molar-refractivity contribution in [3.63, 3.8) is 0 Å². The van der Waals surface area contributed by atoms with E-state index in [0.717, 1.165) is 17.8 Å². The number of anilines is 1. The lowest BCUT2D eigenvalue weighted by Gasteiger charge is -2.10. The maximum atomic E-state index is 13.7. The molecule has 0 aliphatic heterocycles. The van der Waals surface area contributed by atoms with Gasteiger partial charge >= 0.3 is 0 Å². The molecular weight excluding hydrogens is 317 g/mol. The van der Waals surface area contributed by atoms with E-state index >= 15 is 0 Å². The predicted molar refractivity (Wildman–Crippen MR) is 78.4 cm³/mol. The maximum absolute atomic E-state index is 13.7. The minimum atomic E-state index is -3.83. The summed E-state index contributed by atoms with van der Waals surface area (Å²) in [5.41, 5.74) is 7.96. The van der Waals surface area contributed by atoms with Crippen LogP contribution < -0.4 is 15.2 Å². The normalized spacial score (nSPS) is 11.5. The molecule has 9 heteroatoms. The standard InChI is InChI=1S/C12H14FN3O3S2/c1-19-12-10(13)4-9(5-11(12)14)21(17,18)16-3-2-8-6-20-7-15-8/h4-7,16H,2-3,14H2,1H3. The van der Waals surface area contributed by atoms with Gasteiger partial charge in [-0.15, -0.1) is 11.3 Å². The first kappa shape index (κ1) is 15.7. The Hall–Kier alpha value is -1.71. The van der Waals surface area contributed by atoms with Crippen molar-refractivity contribution in [1.82, 2.24) is 9.71 Å². The Bertz CT molecular complexity index is 694. The van der Waals surface area contributed by atoms with Gasteiger partial charge in [-0.1, -0.05) is 0 Å². The van der Waals surface area contributed by atoms with E-state index < -0.39 is 15.8 Å². The van der Waals surface area contributed by atoms with Gasteiger partial charge in [-0.2, -0.15) is 0 Å². The molecule has 0 fully saturated rings. The number of nitrogen functional groups attached to an aromatic ring is 1. The molecule has 0 saturated heterocycles. The molecule has 3 N–H and O–H groups in total. The summed E-state index contributed by atoms with van der Waals surface area (Å²) in [5, 5.41) is 1.83. The van der Waals surface area contributed by atoms with Crippen molar-refractivity contribution in [2.24, 2.45) is 0 Å². The number of nitrogens with two attached hydrogens (primary N) is 1. The summed E-state index contributed by atoms with van der Waals surface area (Å²) in [6.45, 7) is 0.166. The van der Waals surface area contributed by atoms with Crippen molar-refractivity contribution in [3.05, 3.63) is 34.5 Å². The molecule has 0 amide bonds. The molecule has 0 aliphatic carbocycles. The zero-order valence-electron chi connectivity index (χ0n) is 11.2. The third-order valence-electron chi connectivity index (χ3n) is 2.72. The lowest BCUT2D eigenvalue weighted by Crippen LogP contribution is -2.26. The molecule has 0 aliphatic rings. The number of aromatic nitrogens is 1. The molecule has 21 heavy (non-hydrogen) atoms. The first-order valence-corrected chi connectivity index (χ1v) is 8.36. The van der Waals surface area contributed by atoms with Gasteiger partial charge in [-0.3, -0.25) is 0 Å². The summed E-state index contributed by atoms with van der Waals surface area (Å²) in [6.07, 6.45) is 0.455. The van der Waals surface area contributed by atoms with Crippen LogP contribution in [0.25, 0.3) is 0 Å². The number of hydrogen-bond acceptors (Lipinski definition) is 6. The molecule has 0 saturated carbocycles. The highest BCUT2D eigenvalue weighted by atomic mass is 32.2. The predicted octanol–water partition coefficient (Wildman–Crippen LogP) is 1.39. The van der Waals surface area contributed by atoms with Crippen molar-refractivity contribution in [2.45, 2.75) is 11.3 Å².